The molecule has 1 unspecified atom stereocenters. The minimum atomic E-state index is -0.695. The van der Waals surface area contributed by atoms with Gasteiger partial charge >= 0.3 is 11.9 Å². The number of ether oxygens (including phenoxy) is 2. The van der Waals surface area contributed by atoms with Crippen LogP contribution in [0.3, 0.4) is 0 Å². The highest BCUT2D eigenvalue weighted by atomic mass is 16.5. The molecule has 4 nitrogen and oxygen atoms in total. The van der Waals surface area contributed by atoms with E-state index >= 15 is 0 Å². The zero-order chi connectivity index (χ0) is 17.9. The summed E-state index contributed by atoms with van der Waals surface area (Å²) < 4.78 is 10.8. The van der Waals surface area contributed by atoms with E-state index in [0.717, 1.165) is 16.7 Å². The Morgan fingerprint density at radius 1 is 1.00 bits per heavy atom. The van der Waals surface area contributed by atoms with Crippen LogP contribution in [0.4, 0.5) is 0 Å². The summed E-state index contributed by atoms with van der Waals surface area (Å²) in [7, 11) is 0. The lowest BCUT2D eigenvalue weighted by atomic mass is 9.95. The van der Waals surface area contributed by atoms with Gasteiger partial charge in [-0.1, -0.05) is 52.0 Å². The number of hydrogen-bond donors (Lipinski definition) is 0. The third kappa shape index (κ3) is 3.86. The maximum atomic E-state index is 12.6. The summed E-state index contributed by atoms with van der Waals surface area (Å²) in [5.41, 5.74) is 2.94. The van der Waals surface area contributed by atoms with Gasteiger partial charge in [-0.3, -0.25) is 4.79 Å². The number of rotatable bonds is 6. The Bertz CT molecular complexity index is 655. The molecule has 1 aromatic carbocycles. The van der Waals surface area contributed by atoms with Crippen LogP contribution in [-0.4, -0.2) is 25.2 Å². The number of carbonyl (C=O) groups is 2. The van der Waals surface area contributed by atoms with Crippen LogP contribution in [0.2, 0.25) is 0 Å². The Labute approximate surface area is 143 Å². The molecule has 0 bridgehead atoms. The molecule has 0 radical (unpaired) electrons. The zero-order valence-electron chi connectivity index (χ0n) is 15.1. The maximum absolute atomic E-state index is 12.6. The molecule has 0 aromatic heterocycles. The molecule has 0 aliphatic heterocycles. The fraction of sp³-hybridized carbons (Fsp3) is 0.500. The van der Waals surface area contributed by atoms with Gasteiger partial charge in [-0.25, -0.2) is 4.79 Å². The highest BCUT2D eigenvalue weighted by molar-refractivity contribution is 6.08. The van der Waals surface area contributed by atoms with Gasteiger partial charge in [0.15, 0.2) is 0 Å². The molecule has 4 heteroatoms. The fourth-order valence-electron chi connectivity index (χ4n) is 2.78. The molecule has 1 aliphatic carbocycles. The predicted molar refractivity (Wildman–Crippen MR) is 93.4 cm³/mol. The van der Waals surface area contributed by atoms with Gasteiger partial charge in [0.2, 0.25) is 0 Å². The standard InChI is InChI=1S/C20H26O4/c1-12(2)10-23-19(21)17-14(5)15-8-6-7-9-16(15)18(17)20(22)24-11-13(3)4/h6-9,12-13,18H,10-11H2,1-5H3. The minimum Gasteiger partial charge on any atom is -0.465 e. The summed E-state index contributed by atoms with van der Waals surface area (Å²) in [6.45, 7) is 10.5. The first kappa shape index (κ1) is 18.2. The van der Waals surface area contributed by atoms with E-state index in [1.165, 1.54) is 0 Å². The van der Waals surface area contributed by atoms with Crippen molar-refractivity contribution in [2.24, 2.45) is 11.8 Å². The van der Waals surface area contributed by atoms with Crippen molar-refractivity contribution in [3.63, 3.8) is 0 Å². The van der Waals surface area contributed by atoms with Gasteiger partial charge in [-0.2, -0.15) is 0 Å². The van der Waals surface area contributed by atoms with Crippen LogP contribution >= 0.6 is 0 Å². The van der Waals surface area contributed by atoms with Gasteiger partial charge in [0.05, 0.1) is 18.8 Å². The quantitative estimate of drug-likeness (QED) is 0.741. The SMILES string of the molecule is CC1=C(C(=O)OCC(C)C)C(C(=O)OCC(C)C)c2ccccc21. The number of esters is 2. The number of allylic oxidation sites excluding steroid dienone is 1. The van der Waals surface area contributed by atoms with E-state index < -0.39 is 11.9 Å². The summed E-state index contributed by atoms with van der Waals surface area (Å²) in [4.78, 5) is 25.2. The highest BCUT2D eigenvalue weighted by Gasteiger charge is 2.40. The molecule has 0 heterocycles. The van der Waals surface area contributed by atoms with E-state index in [2.05, 4.69) is 0 Å². The fourth-order valence-corrected chi connectivity index (χ4v) is 2.78. The molecule has 1 aliphatic rings. The number of carbonyl (C=O) groups excluding carboxylic acids is 2. The van der Waals surface area contributed by atoms with Gasteiger partial charge in [0, 0.05) is 0 Å². The lowest BCUT2D eigenvalue weighted by molar-refractivity contribution is -0.148. The zero-order valence-corrected chi connectivity index (χ0v) is 15.1. The Balaban J connectivity index is 2.33. The van der Waals surface area contributed by atoms with Crippen LogP contribution in [0.1, 0.15) is 51.7 Å². The summed E-state index contributed by atoms with van der Waals surface area (Å²) >= 11 is 0. The van der Waals surface area contributed by atoms with Gasteiger partial charge in [0.25, 0.3) is 0 Å². The summed E-state index contributed by atoms with van der Waals surface area (Å²) in [5, 5.41) is 0. The second kappa shape index (κ2) is 7.65. The van der Waals surface area contributed by atoms with Crippen molar-refractivity contribution in [2.45, 2.75) is 40.5 Å². The molecule has 1 atom stereocenters. The molecule has 0 saturated heterocycles. The van der Waals surface area contributed by atoms with Gasteiger partial charge in [-0.05, 0) is 35.5 Å². The van der Waals surface area contributed by atoms with Crippen molar-refractivity contribution in [1.29, 1.82) is 0 Å². The van der Waals surface area contributed by atoms with Crippen LogP contribution in [0.25, 0.3) is 5.57 Å². The topological polar surface area (TPSA) is 52.6 Å². The lowest BCUT2D eigenvalue weighted by Crippen LogP contribution is -2.23. The summed E-state index contributed by atoms with van der Waals surface area (Å²) in [6, 6.07) is 7.58. The van der Waals surface area contributed by atoms with Gasteiger partial charge < -0.3 is 9.47 Å². The number of fused-ring (bicyclic) bond motifs is 1. The average molecular weight is 330 g/mol. The van der Waals surface area contributed by atoms with E-state index in [0.29, 0.717) is 18.8 Å². The largest absolute Gasteiger partial charge is 0.465 e. The molecule has 24 heavy (non-hydrogen) atoms. The number of hydrogen-bond acceptors (Lipinski definition) is 4. The summed E-state index contributed by atoms with van der Waals surface area (Å²) in [5.74, 6) is -1.02. The Morgan fingerprint density at radius 3 is 2.21 bits per heavy atom. The normalized spacial score (nSPS) is 16.5. The smallest absolute Gasteiger partial charge is 0.335 e. The molecule has 0 saturated carbocycles. The van der Waals surface area contributed by atoms with Crippen LogP contribution in [-0.2, 0) is 19.1 Å². The van der Waals surface area contributed by atoms with Gasteiger partial charge in [0.1, 0.15) is 5.92 Å². The van der Waals surface area contributed by atoms with Crippen molar-refractivity contribution < 1.29 is 19.1 Å². The van der Waals surface area contributed by atoms with E-state index in [1.807, 2.05) is 58.9 Å². The first-order valence-corrected chi connectivity index (χ1v) is 8.46. The first-order chi connectivity index (χ1) is 11.3. The molecular weight excluding hydrogens is 304 g/mol. The van der Waals surface area contributed by atoms with Gasteiger partial charge in [-0.15, -0.1) is 0 Å². The van der Waals surface area contributed by atoms with Crippen LogP contribution in [0, 0.1) is 11.8 Å². The second-order valence-corrected chi connectivity index (χ2v) is 7.08. The van der Waals surface area contributed by atoms with Crippen LogP contribution in [0.5, 0.6) is 0 Å². The molecule has 0 amide bonds. The molecule has 0 fully saturated rings. The van der Waals surface area contributed by atoms with E-state index in [9.17, 15) is 9.59 Å². The maximum Gasteiger partial charge on any atom is 0.335 e. The monoisotopic (exact) mass is 330 g/mol. The minimum absolute atomic E-state index is 0.241. The Morgan fingerprint density at radius 2 is 1.58 bits per heavy atom. The predicted octanol–water partition coefficient (Wildman–Crippen LogP) is 3.96. The molecule has 2 rings (SSSR count). The van der Waals surface area contributed by atoms with E-state index in [1.54, 1.807) is 0 Å². The van der Waals surface area contributed by atoms with E-state index in [-0.39, 0.29) is 17.8 Å². The van der Waals surface area contributed by atoms with E-state index in [4.69, 9.17) is 9.47 Å². The van der Waals surface area contributed by atoms with Crippen molar-refractivity contribution in [2.75, 3.05) is 13.2 Å². The highest BCUT2D eigenvalue weighted by Crippen LogP contribution is 2.43. The number of benzene rings is 1. The first-order valence-electron chi connectivity index (χ1n) is 8.46. The second-order valence-electron chi connectivity index (χ2n) is 7.08. The Hall–Kier alpha value is -2.10. The van der Waals surface area contributed by atoms with Crippen molar-refractivity contribution >= 4 is 17.5 Å². The van der Waals surface area contributed by atoms with Crippen molar-refractivity contribution in [1.82, 2.24) is 0 Å². The van der Waals surface area contributed by atoms with Crippen molar-refractivity contribution in [3.05, 3.63) is 41.0 Å². The molecule has 0 N–H and O–H groups in total. The van der Waals surface area contributed by atoms with Crippen LogP contribution < -0.4 is 0 Å². The lowest BCUT2D eigenvalue weighted by Gasteiger charge is -2.17. The summed E-state index contributed by atoms with van der Waals surface area (Å²) in [6.07, 6.45) is 0. The molecule has 1 aromatic rings. The third-order valence-electron chi connectivity index (χ3n) is 3.93. The molecule has 130 valence electrons. The molecule has 0 spiro atoms. The van der Waals surface area contributed by atoms with Crippen molar-refractivity contribution in [3.8, 4) is 0 Å². The average Bonchev–Trinajstić information content (AvgIpc) is 2.83. The Kier molecular flexibility index (Phi) is 5.81. The third-order valence-corrected chi connectivity index (χ3v) is 3.93. The van der Waals surface area contributed by atoms with Crippen LogP contribution in [0.15, 0.2) is 29.8 Å². The molecular formula is C20H26O4.